The van der Waals surface area contributed by atoms with Crippen LogP contribution < -0.4 is 10.3 Å². The highest BCUT2D eigenvalue weighted by Gasteiger charge is 2.52. The number of carboxylic acids is 1. The van der Waals surface area contributed by atoms with Crippen molar-refractivity contribution in [3.05, 3.63) is 29.8 Å². The molecule has 1 saturated carbocycles. The molecule has 0 aliphatic heterocycles. The van der Waals surface area contributed by atoms with Crippen LogP contribution in [0.3, 0.4) is 0 Å². The van der Waals surface area contributed by atoms with Gasteiger partial charge in [0.25, 0.3) is 0 Å². The molecule has 1 aromatic carbocycles. The molecule has 4 nitrogen and oxygen atoms in total. The van der Waals surface area contributed by atoms with Gasteiger partial charge in [-0.05, 0) is 45.5 Å². The van der Waals surface area contributed by atoms with Crippen LogP contribution in [0.4, 0.5) is 0 Å². The van der Waals surface area contributed by atoms with E-state index in [-0.39, 0.29) is 0 Å². The molecule has 1 unspecified atom stereocenters. The highest BCUT2D eigenvalue weighted by molar-refractivity contribution is 6.88. The van der Waals surface area contributed by atoms with Crippen molar-refractivity contribution < 1.29 is 15.0 Å². The van der Waals surface area contributed by atoms with E-state index in [1.165, 1.54) is 5.19 Å². The SMILES string of the molecule is CN(C)CCC(C(=O)[O-])(c1ccc([Si](C)(C)C)cc1)C1(O)CCCCC1. The lowest BCUT2D eigenvalue weighted by atomic mass is 9.60. The first-order chi connectivity index (χ1) is 12.0. The summed E-state index contributed by atoms with van der Waals surface area (Å²) in [6, 6.07) is 7.96. The molecule has 1 atom stereocenters. The Morgan fingerprint density at radius 3 is 2.12 bits per heavy atom. The van der Waals surface area contributed by atoms with Crippen LogP contribution in [0.25, 0.3) is 0 Å². The minimum atomic E-state index is -1.47. The summed E-state index contributed by atoms with van der Waals surface area (Å²) in [5.74, 6) is -1.15. The van der Waals surface area contributed by atoms with Crippen molar-refractivity contribution in [2.24, 2.45) is 0 Å². The zero-order chi connectivity index (χ0) is 19.6. The maximum atomic E-state index is 12.5. The fraction of sp³-hybridized carbons (Fsp3) is 0.667. The number of hydrogen-bond donors (Lipinski definition) is 1. The molecule has 2 rings (SSSR count). The molecule has 0 saturated heterocycles. The minimum Gasteiger partial charge on any atom is -0.549 e. The second-order valence-electron chi connectivity index (χ2n) is 9.17. The average Bonchev–Trinajstić information content (AvgIpc) is 2.55. The van der Waals surface area contributed by atoms with E-state index < -0.39 is 25.1 Å². The summed E-state index contributed by atoms with van der Waals surface area (Å²) in [4.78, 5) is 14.5. The van der Waals surface area contributed by atoms with Crippen LogP contribution in [0.2, 0.25) is 19.6 Å². The number of hydrogen-bond acceptors (Lipinski definition) is 4. The smallest absolute Gasteiger partial charge is 0.0796 e. The van der Waals surface area contributed by atoms with E-state index in [0.717, 1.165) is 19.3 Å². The molecule has 1 aliphatic carbocycles. The third kappa shape index (κ3) is 4.05. The molecule has 26 heavy (non-hydrogen) atoms. The Morgan fingerprint density at radius 2 is 1.69 bits per heavy atom. The minimum absolute atomic E-state index is 0.352. The molecule has 0 aromatic heterocycles. The molecular weight excluding hydrogens is 342 g/mol. The highest BCUT2D eigenvalue weighted by Crippen LogP contribution is 2.46. The quantitative estimate of drug-likeness (QED) is 0.738. The van der Waals surface area contributed by atoms with E-state index in [1.807, 2.05) is 31.1 Å². The Morgan fingerprint density at radius 1 is 1.15 bits per heavy atom. The summed E-state index contributed by atoms with van der Waals surface area (Å²) in [6.45, 7) is 7.41. The largest absolute Gasteiger partial charge is 0.549 e. The van der Waals surface area contributed by atoms with Crippen molar-refractivity contribution in [2.75, 3.05) is 20.6 Å². The molecule has 0 amide bonds. The van der Waals surface area contributed by atoms with Crippen molar-refractivity contribution >= 4 is 19.2 Å². The normalized spacial score (nSPS) is 20.0. The summed E-state index contributed by atoms with van der Waals surface area (Å²) in [6.07, 6.45) is 4.16. The first-order valence-corrected chi connectivity index (χ1v) is 13.2. The lowest BCUT2D eigenvalue weighted by molar-refractivity contribution is -0.322. The van der Waals surface area contributed by atoms with Gasteiger partial charge in [0, 0.05) is 0 Å². The second kappa shape index (κ2) is 7.83. The van der Waals surface area contributed by atoms with E-state index in [1.54, 1.807) is 0 Å². The van der Waals surface area contributed by atoms with E-state index in [9.17, 15) is 15.0 Å². The van der Waals surface area contributed by atoms with Crippen LogP contribution in [0.15, 0.2) is 24.3 Å². The summed E-state index contributed by atoms with van der Waals surface area (Å²) in [5.41, 5.74) is -1.93. The predicted octanol–water partition coefficient (Wildman–Crippen LogP) is 1.87. The first-order valence-electron chi connectivity index (χ1n) is 9.72. The third-order valence-corrected chi connectivity index (χ3v) is 8.07. The Kier molecular flexibility index (Phi) is 6.36. The second-order valence-corrected chi connectivity index (χ2v) is 14.2. The van der Waals surface area contributed by atoms with Gasteiger partial charge in [-0.1, -0.05) is 68.4 Å². The fourth-order valence-corrected chi connectivity index (χ4v) is 5.43. The van der Waals surface area contributed by atoms with Crippen molar-refractivity contribution in [2.45, 2.75) is 69.2 Å². The van der Waals surface area contributed by atoms with Crippen molar-refractivity contribution in [1.82, 2.24) is 4.90 Å². The molecule has 1 aliphatic rings. The molecule has 0 bridgehead atoms. The fourth-order valence-electron chi connectivity index (χ4n) is 4.27. The van der Waals surface area contributed by atoms with Gasteiger partial charge in [-0.2, -0.15) is 0 Å². The van der Waals surface area contributed by atoms with Gasteiger partial charge < -0.3 is 19.9 Å². The van der Waals surface area contributed by atoms with E-state index in [4.69, 9.17) is 0 Å². The van der Waals surface area contributed by atoms with Crippen molar-refractivity contribution in [3.8, 4) is 0 Å². The maximum absolute atomic E-state index is 12.5. The van der Waals surface area contributed by atoms with Gasteiger partial charge >= 0.3 is 0 Å². The first kappa shape index (κ1) is 21.1. The van der Waals surface area contributed by atoms with Gasteiger partial charge in [0.15, 0.2) is 0 Å². The van der Waals surface area contributed by atoms with Gasteiger partial charge in [0.2, 0.25) is 0 Å². The standard InChI is InChI=1S/C21H35NO3Si/c1-22(2)16-15-21(19(23)24,20(25)13-7-6-8-14-20)17-9-11-18(12-10-17)26(3,4)5/h9-12,25H,6-8,13-16H2,1-5H3,(H,23,24)/p-1. The number of carboxylic acid groups (broad SMARTS) is 1. The molecule has 5 heteroatoms. The van der Waals surface area contributed by atoms with Crippen LogP contribution >= 0.6 is 0 Å². The Hall–Kier alpha value is -1.17. The van der Waals surface area contributed by atoms with Gasteiger partial charge in [-0.3, -0.25) is 0 Å². The highest BCUT2D eigenvalue weighted by atomic mass is 28.3. The number of aliphatic hydroxyl groups is 1. The summed E-state index contributed by atoms with van der Waals surface area (Å²) in [5, 5.41) is 25.3. The average molecular weight is 377 g/mol. The molecule has 0 spiro atoms. The summed E-state index contributed by atoms with van der Waals surface area (Å²) < 4.78 is 0. The van der Waals surface area contributed by atoms with Crippen LogP contribution in [-0.4, -0.2) is 50.3 Å². The van der Waals surface area contributed by atoms with E-state index >= 15 is 0 Å². The van der Waals surface area contributed by atoms with E-state index in [0.29, 0.717) is 31.4 Å². The third-order valence-electron chi connectivity index (χ3n) is 6.00. The summed E-state index contributed by atoms with van der Waals surface area (Å²) in [7, 11) is 2.39. The Labute approximate surface area is 159 Å². The number of rotatable bonds is 7. The topological polar surface area (TPSA) is 63.6 Å². The number of carbonyl (C=O) groups is 1. The predicted molar refractivity (Wildman–Crippen MR) is 107 cm³/mol. The van der Waals surface area contributed by atoms with Crippen LogP contribution in [0.5, 0.6) is 0 Å². The van der Waals surface area contributed by atoms with E-state index in [2.05, 4.69) is 31.8 Å². The monoisotopic (exact) mass is 376 g/mol. The molecule has 146 valence electrons. The molecule has 1 fully saturated rings. The number of aliphatic carboxylic acids is 1. The summed E-state index contributed by atoms with van der Waals surface area (Å²) >= 11 is 0. The zero-order valence-electron chi connectivity index (χ0n) is 17.0. The Balaban J connectivity index is 2.56. The van der Waals surface area contributed by atoms with Crippen molar-refractivity contribution in [3.63, 3.8) is 0 Å². The van der Waals surface area contributed by atoms with Crippen LogP contribution in [0, 0.1) is 0 Å². The molecule has 0 heterocycles. The Bertz CT molecular complexity index is 615. The molecular formula is C21H34NO3Si-. The van der Waals surface area contributed by atoms with Crippen LogP contribution in [0.1, 0.15) is 44.1 Å². The molecule has 1 aromatic rings. The molecule has 0 radical (unpaired) electrons. The lowest BCUT2D eigenvalue weighted by Gasteiger charge is -2.51. The van der Waals surface area contributed by atoms with Crippen LogP contribution in [-0.2, 0) is 10.2 Å². The van der Waals surface area contributed by atoms with Gasteiger partial charge in [0.05, 0.1) is 25.1 Å². The number of nitrogens with zero attached hydrogens (tertiary/aromatic N) is 1. The lowest BCUT2D eigenvalue weighted by Crippen LogP contribution is -2.62. The number of benzene rings is 1. The zero-order valence-corrected chi connectivity index (χ0v) is 18.0. The van der Waals surface area contributed by atoms with Gasteiger partial charge in [0.1, 0.15) is 0 Å². The maximum Gasteiger partial charge on any atom is 0.0796 e. The van der Waals surface area contributed by atoms with Gasteiger partial charge in [-0.25, -0.2) is 0 Å². The van der Waals surface area contributed by atoms with Crippen molar-refractivity contribution in [1.29, 1.82) is 0 Å². The molecule has 1 N–H and O–H groups in total. The van der Waals surface area contributed by atoms with Gasteiger partial charge in [-0.15, -0.1) is 0 Å². The number of carbonyl (C=O) groups excluding carboxylic acids is 1.